The molecule has 0 spiro atoms. The first-order valence-electron chi connectivity index (χ1n) is 8.08. The van der Waals surface area contributed by atoms with E-state index in [0.29, 0.717) is 11.4 Å². The molecule has 24 heavy (non-hydrogen) atoms. The molecule has 0 bridgehead atoms. The molecule has 3 N–H and O–H groups in total. The van der Waals surface area contributed by atoms with Crippen LogP contribution < -0.4 is 16.0 Å². The Bertz CT molecular complexity index is 702. The molecule has 3 rings (SSSR count). The Morgan fingerprint density at radius 1 is 1.08 bits per heavy atom. The van der Waals surface area contributed by atoms with Crippen molar-refractivity contribution in [3.8, 4) is 0 Å². The Kier molecular flexibility index (Phi) is 4.66. The molecule has 0 radical (unpaired) electrons. The number of amides is 2. The minimum atomic E-state index is -0.523. The highest BCUT2D eigenvalue weighted by atomic mass is 16.3. The van der Waals surface area contributed by atoms with Gasteiger partial charge in [-0.2, -0.15) is 0 Å². The largest absolute Gasteiger partial charge is 0.459 e. The van der Waals surface area contributed by atoms with Gasteiger partial charge < -0.3 is 20.4 Å². The third-order valence-corrected chi connectivity index (χ3v) is 4.27. The number of hydrogen-bond donors (Lipinski definition) is 3. The van der Waals surface area contributed by atoms with Crippen molar-refractivity contribution in [2.24, 2.45) is 0 Å². The summed E-state index contributed by atoms with van der Waals surface area (Å²) in [6.45, 7) is 2.79. The Balaban J connectivity index is 1.60. The van der Waals surface area contributed by atoms with E-state index in [1.807, 2.05) is 6.92 Å². The van der Waals surface area contributed by atoms with Crippen LogP contribution in [0.25, 0.3) is 0 Å². The van der Waals surface area contributed by atoms with Crippen molar-refractivity contribution in [1.29, 1.82) is 0 Å². The standard InChI is InChI=1S/C18H21N3O3/c1-18(10-2-3-11-19-18)17(23)21-14-8-6-13(7-9-14)20-16(22)15-5-4-12-24-15/h4-9,12,19H,2-3,10-11H2,1H3,(H,20,22)(H,21,23). The monoisotopic (exact) mass is 327 g/mol. The van der Waals surface area contributed by atoms with Gasteiger partial charge in [-0.3, -0.25) is 9.59 Å². The summed E-state index contributed by atoms with van der Waals surface area (Å²) in [7, 11) is 0. The quantitative estimate of drug-likeness (QED) is 0.806. The van der Waals surface area contributed by atoms with E-state index in [4.69, 9.17) is 4.42 Å². The lowest BCUT2D eigenvalue weighted by Crippen LogP contribution is -2.54. The number of hydrogen-bond acceptors (Lipinski definition) is 4. The van der Waals surface area contributed by atoms with Gasteiger partial charge in [0.05, 0.1) is 11.8 Å². The topological polar surface area (TPSA) is 83.4 Å². The lowest BCUT2D eigenvalue weighted by atomic mass is 9.90. The molecule has 6 nitrogen and oxygen atoms in total. The number of carbonyl (C=O) groups excluding carboxylic acids is 2. The molecule has 0 saturated carbocycles. The molecule has 1 aromatic heterocycles. The summed E-state index contributed by atoms with van der Waals surface area (Å²) in [6, 6.07) is 10.3. The van der Waals surface area contributed by atoms with Crippen LogP contribution in [0.2, 0.25) is 0 Å². The van der Waals surface area contributed by atoms with Gasteiger partial charge in [0.15, 0.2) is 5.76 Å². The first-order valence-corrected chi connectivity index (χ1v) is 8.08. The molecular weight excluding hydrogens is 306 g/mol. The van der Waals surface area contributed by atoms with Gasteiger partial charge in [-0.25, -0.2) is 0 Å². The molecule has 1 fully saturated rings. The van der Waals surface area contributed by atoms with Gasteiger partial charge in [0.25, 0.3) is 5.91 Å². The van der Waals surface area contributed by atoms with Gasteiger partial charge in [-0.15, -0.1) is 0 Å². The summed E-state index contributed by atoms with van der Waals surface area (Å²) in [4.78, 5) is 24.4. The van der Waals surface area contributed by atoms with Crippen molar-refractivity contribution in [2.75, 3.05) is 17.2 Å². The Hall–Kier alpha value is -2.60. The number of carbonyl (C=O) groups is 2. The zero-order valence-corrected chi connectivity index (χ0v) is 13.6. The van der Waals surface area contributed by atoms with E-state index >= 15 is 0 Å². The molecule has 1 aromatic carbocycles. The van der Waals surface area contributed by atoms with Crippen LogP contribution in [0.5, 0.6) is 0 Å². The second-order valence-corrected chi connectivity index (χ2v) is 6.18. The van der Waals surface area contributed by atoms with E-state index in [9.17, 15) is 9.59 Å². The number of benzene rings is 1. The van der Waals surface area contributed by atoms with Gasteiger partial charge in [0.2, 0.25) is 5.91 Å². The maximum absolute atomic E-state index is 12.5. The molecule has 1 aliphatic rings. The van der Waals surface area contributed by atoms with E-state index < -0.39 is 5.54 Å². The van der Waals surface area contributed by atoms with Crippen molar-refractivity contribution in [3.63, 3.8) is 0 Å². The minimum absolute atomic E-state index is 0.0328. The van der Waals surface area contributed by atoms with Crippen molar-refractivity contribution in [3.05, 3.63) is 48.4 Å². The van der Waals surface area contributed by atoms with Crippen molar-refractivity contribution in [2.45, 2.75) is 31.7 Å². The van der Waals surface area contributed by atoms with E-state index in [2.05, 4.69) is 16.0 Å². The Morgan fingerprint density at radius 2 is 1.79 bits per heavy atom. The van der Waals surface area contributed by atoms with Crippen LogP contribution in [-0.4, -0.2) is 23.9 Å². The summed E-state index contributed by atoms with van der Waals surface area (Å²) in [5.74, 6) is -0.0889. The summed E-state index contributed by atoms with van der Waals surface area (Å²) >= 11 is 0. The summed E-state index contributed by atoms with van der Waals surface area (Å²) in [5.41, 5.74) is 0.811. The van der Waals surface area contributed by atoms with Gasteiger partial charge in [0, 0.05) is 11.4 Å². The molecule has 6 heteroatoms. The minimum Gasteiger partial charge on any atom is -0.459 e. The van der Waals surface area contributed by atoms with E-state index in [1.54, 1.807) is 36.4 Å². The molecule has 2 aromatic rings. The van der Waals surface area contributed by atoms with Crippen molar-refractivity contribution in [1.82, 2.24) is 5.32 Å². The second-order valence-electron chi connectivity index (χ2n) is 6.18. The number of anilines is 2. The highest BCUT2D eigenvalue weighted by molar-refractivity contribution is 6.02. The highest BCUT2D eigenvalue weighted by Gasteiger charge is 2.34. The highest BCUT2D eigenvalue weighted by Crippen LogP contribution is 2.22. The molecule has 126 valence electrons. The third-order valence-electron chi connectivity index (χ3n) is 4.27. The summed E-state index contributed by atoms with van der Waals surface area (Å²) in [5, 5.41) is 8.95. The van der Waals surface area contributed by atoms with Crippen LogP contribution in [0.1, 0.15) is 36.7 Å². The number of nitrogens with one attached hydrogen (secondary N) is 3. The molecule has 2 heterocycles. The first-order chi connectivity index (χ1) is 11.6. The fraction of sp³-hybridized carbons (Fsp3) is 0.333. The van der Waals surface area contributed by atoms with Crippen LogP contribution in [-0.2, 0) is 4.79 Å². The number of piperidine rings is 1. The van der Waals surface area contributed by atoms with Crippen LogP contribution >= 0.6 is 0 Å². The van der Waals surface area contributed by atoms with Crippen LogP contribution in [0.15, 0.2) is 47.1 Å². The predicted molar refractivity (Wildman–Crippen MR) is 92.0 cm³/mol. The lowest BCUT2D eigenvalue weighted by Gasteiger charge is -2.33. The summed E-state index contributed by atoms with van der Waals surface area (Å²) < 4.78 is 5.05. The van der Waals surface area contributed by atoms with Crippen molar-refractivity contribution < 1.29 is 14.0 Å². The Labute approximate surface area is 140 Å². The average molecular weight is 327 g/mol. The van der Waals surface area contributed by atoms with E-state index in [0.717, 1.165) is 25.8 Å². The maximum atomic E-state index is 12.5. The number of furan rings is 1. The SMILES string of the molecule is CC1(C(=O)Nc2ccc(NC(=O)c3ccco3)cc2)CCCCN1. The smallest absolute Gasteiger partial charge is 0.291 e. The zero-order chi connectivity index (χ0) is 17.0. The number of rotatable bonds is 4. The predicted octanol–water partition coefficient (Wildman–Crippen LogP) is 3.00. The van der Waals surface area contributed by atoms with Gasteiger partial charge in [0.1, 0.15) is 0 Å². The van der Waals surface area contributed by atoms with Gasteiger partial charge in [-0.1, -0.05) is 0 Å². The van der Waals surface area contributed by atoms with Crippen molar-refractivity contribution >= 4 is 23.2 Å². The van der Waals surface area contributed by atoms with Gasteiger partial charge in [-0.05, 0) is 69.1 Å². The normalized spacial score (nSPS) is 20.4. The molecule has 1 unspecified atom stereocenters. The zero-order valence-electron chi connectivity index (χ0n) is 13.6. The van der Waals surface area contributed by atoms with Gasteiger partial charge >= 0.3 is 0 Å². The van der Waals surface area contributed by atoms with E-state index in [-0.39, 0.29) is 17.6 Å². The van der Waals surface area contributed by atoms with E-state index in [1.165, 1.54) is 6.26 Å². The second kappa shape index (κ2) is 6.88. The van der Waals surface area contributed by atoms with Crippen LogP contribution in [0.3, 0.4) is 0 Å². The molecule has 1 aliphatic heterocycles. The lowest BCUT2D eigenvalue weighted by molar-refractivity contribution is -0.122. The molecule has 1 saturated heterocycles. The molecule has 1 atom stereocenters. The van der Waals surface area contributed by atoms with Crippen LogP contribution in [0.4, 0.5) is 11.4 Å². The molecule has 2 amide bonds. The summed E-state index contributed by atoms with van der Waals surface area (Å²) in [6.07, 6.45) is 4.44. The third kappa shape index (κ3) is 3.65. The Morgan fingerprint density at radius 3 is 2.38 bits per heavy atom. The molecular formula is C18H21N3O3. The fourth-order valence-electron chi connectivity index (χ4n) is 2.76. The fourth-order valence-corrected chi connectivity index (χ4v) is 2.76. The molecule has 0 aliphatic carbocycles. The average Bonchev–Trinajstić information content (AvgIpc) is 3.12. The van der Waals surface area contributed by atoms with Crippen LogP contribution in [0, 0.1) is 0 Å². The first kappa shape index (κ1) is 16.3. The maximum Gasteiger partial charge on any atom is 0.291 e.